The topological polar surface area (TPSA) is 90.3 Å². The molecule has 2 atom stereocenters. The molecule has 0 saturated heterocycles. The summed E-state index contributed by atoms with van der Waals surface area (Å²) in [6, 6.07) is 12.8. The van der Waals surface area contributed by atoms with E-state index in [2.05, 4.69) is 36.9 Å². The number of fused-ring (bicyclic) bond motifs is 1. The largest absolute Gasteiger partial charge is 0.496 e. The lowest BCUT2D eigenvalue weighted by Crippen LogP contribution is -2.41. The number of para-hydroxylation sites is 2. The van der Waals surface area contributed by atoms with Gasteiger partial charge in [0.05, 0.1) is 30.4 Å². The Morgan fingerprint density at radius 3 is 2.67 bits per heavy atom. The third kappa shape index (κ3) is 3.84. The highest BCUT2D eigenvalue weighted by Crippen LogP contribution is 2.39. The van der Waals surface area contributed by atoms with Gasteiger partial charge < -0.3 is 20.2 Å². The number of carbonyl (C=O) groups excluding carboxylic acids is 1. The maximum absolute atomic E-state index is 13.3. The molecule has 1 aliphatic heterocycles. The highest BCUT2D eigenvalue weighted by Gasteiger charge is 2.38. The molecule has 1 amide bonds. The second-order valence-corrected chi connectivity index (χ2v) is 8.56. The van der Waals surface area contributed by atoms with Gasteiger partial charge in [0.1, 0.15) is 22.6 Å². The molecule has 4 rings (SSSR count). The fourth-order valence-electron chi connectivity index (χ4n) is 3.24. The molecule has 10 heteroatoms. The first-order chi connectivity index (χ1) is 14.5. The standard InChI is InChI=1S/C20H20BrN5O3S/c1-11-23-24-20-26(11)25-17(12-8-9-15(28-2)13(21)10-12)18(30-20)19(27)22-14-6-4-5-7-16(14)29-3/h4-10,17-18,25H,1-3H3,(H,22,27). The molecule has 8 nitrogen and oxygen atoms in total. The lowest BCUT2D eigenvalue weighted by Gasteiger charge is -2.33. The number of anilines is 1. The molecule has 0 fully saturated rings. The molecular weight excluding hydrogens is 470 g/mol. The van der Waals surface area contributed by atoms with Crippen molar-refractivity contribution >= 4 is 39.3 Å². The van der Waals surface area contributed by atoms with Gasteiger partial charge in [-0.2, -0.15) is 0 Å². The Kier molecular flexibility index (Phi) is 5.87. The van der Waals surface area contributed by atoms with Crippen LogP contribution >= 0.6 is 27.7 Å². The Hall–Kier alpha value is -2.72. The molecule has 2 heterocycles. The maximum atomic E-state index is 13.3. The van der Waals surface area contributed by atoms with Crippen LogP contribution in [0.1, 0.15) is 17.4 Å². The van der Waals surface area contributed by atoms with Crippen LogP contribution in [0.3, 0.4) is 0 Å². The van der Waals surface area contributed by atoms with E-state index in [4.69, 9.17) is 9.47 Å². The molecule has 0 spiro atoms. The average Bonchev–Trinajstić information content (AvgIpc) is 3.13. The van der Waals surface area contributed by atoms with Crippen molar-refractivity contribution in [2.24, 2.45) is 0 Å². The minimum absolute atomic E-state index is 0.166. The number of nitrogens with one attached hydrogen (secondary N) is 2. The van der Waals surface area contributed by atoms with Gasteiger partial charge in [-0.3, -0.25) is 4.79 Å². The predicted molar refractivity (Wildman–Crippen MR) is 119 cm³/mol. The molecule has 1 aliphatic rings. The first-order valence-corrected chi connectivity index (χ1v) is 10.8. The number of aryl methyl sites for hydroxylation is 1. The van der Waals surface area contributed by atoms with E-state index in [9.17, 15) is 4.79 Å². The number of rotatable bonds is 5. The van der Waals surface area contributed by atoms with E-state index in [1.165, 1.54) is 11.8 Å². The van der Waals surface area contributed by atoms with Gasteiger partial charge in [-0.25, -0.2) is 4.68 Å². The lowest BCUT2D eigenvalue weighted by molar-refractivity contribution is -0.116. The van der Waals surface area contributed by atoms with Crippen molar-refractivity contribution in [2.45, 2.75) is 23.4 Å². The van der Waals surface area contributed by atoms with Crippen LogP contribution in [0.25, 0.3) is 0 Å². The molecule has 0 aliphatic carbocycles. The van der Waals surface area contributed by atoms with Gasteiger partial charge in [0.15, 0.2) is 0 Å². The smallest absolute Gasteiger partial charge is 0.240 e. The quantitative estimate of drug-likeness (QED) is 0.563. The van der Waals surface area contributed by atoms with Crippen molar-refractivity contribution in [1.82, 2.24) is 14.9 Å². The van der Waals surface area contributed by atoms with Gasteiger partial charge in [-0.05, 0) is 52.7 Å². The molecule has 0 saturated carbocycles. The fraction of sp³-hybridized carbons (Fsp3) is 0.250. The summed E-state index contributed by atoms with van der Waals surface area (Å²) in [4.78, 5) is 13.3. The molecule has 1 aromatic heterocycles. The van der Waals surface area contributed by atoms with Gasteiger partial charge >= 0.3 is 0 Å². The van der Waals surface area contributed by atoms with Gasteiger partial charge in [-0.15, -0.1) is 10.2 Å². The summed E-state index contributed by atoms with van der Waals surface area (Å²) in [5.74, 6) is 1.88. The number of benzene rings is 2. The normalized spacial score (nSPS) is 17.6. The zero-order valence-corrected chi connectivity index (χ0v) is 19.0. The number of carbonyl (C=O) groups is 1. The highest BCUT2D eigenvalue weighted by atomic mass is 79.9. The van der Waals surface area contributed by atoms with Crippen LogP contribution in [-0.4, -0.2) is 40.3 Å². The van der Waals surface area contributed by atoms with Crippen LogP contribution in [0.2, 0.25) is 0 Å². The Balaban J connectivity index is 1.69. The molecular formula is C20H20BrN5O3S. The molecule has 2 aromatic carbocycles. The van der Waals surface area contributed by atoms with E-state index < -0.39 is 5.25 Å². The summed E-state index contributed by atoms with van der Waals surface area (Å²) >= 11 is 4.90. The van der Waals surface area contributed by atoms with Crippen LogP contribution in [-0.2, 0) is 4.79 Å². The van der Waals surface area contributed by atoms with Crippen molar-refractivity contribution in [2.75, 3.05) is 25.0 Å². The van der Waals surface area contributed by atoms with Crippen LogP contribution in [0.4, 0.5) is 5.69 Å². The minimum Gasteiger partial charge on any atom is -0.496 e. The van der Waals surface area contributed by atoms with E-state index in [0.717, 1.165) is 21.6 Å². The van der Waals surface area contributed by atoms with Gasteiger partial charge in [0, 0.05) is 0 Å². The Labute approximate surface area is 186 Å². The predicted octanol–water partition coefficient (Wildman–Crippen LogP) is 3.76. The van der Waals surface area contributed by atoms with Crippen molar-refractivity contribution in [1.29, 1.82) is 0 Å². The van der Waals surface area contributed by atoms with Crippen LogP contribution in [0.5, 0.6) is 11.5 Å². The summed E-state index contributed by atoms with van der Waals surface area (Å²) in [7, 11) is 3.19. The second kappa shape index (κ2) is 8.57. The number of methoxy groups -OCH3 is 2. The molecule has 156 valence electrons. The summed E-state index contributed by atoms with van der Waals surface area (Å²) in [5, 5.41) is 11.4. The Morgan fingerprint density at radius 1 is 1.17 bits per heavy atom. The SMILES string of the molecule is COc1ccc(C2Nn3c(C)nnc3SC2C(=O)Nc2ccccc2OC)cc1Br. The van der Waals surface area contributed by atoms with Crippen molar-refractivity contribution in [3.8, 4) is 11.5 Å². The number of hydrogen-bond donors (Lipinski definition) is 2. The fourth-order valence-corrected chi connectivity index (χ4v) is 4.92. The van der Waals surface area contributed by atoms with Crippen LogP contribution in [0.15, 0.2) is 52.1 Å². The molecule has 30 heavy (non-hydrogen) atoms. The van der Waals surface area contributed by atoms with E-state index in [0.29, 0.717) is 16.6 Å². The van der Waals surface area contributed by atoms with Crippen molar-refractivity contribution < 1.29 is 14.3 Å². The van der Waals surface area contributed by atoms with E-state index in [1.807, 2.05) is 43.3 Å². The third-order valence-electron chi connectivity index (χ3n) is 4.76. The number of halogens is 1. The Bertz CT molecular complexity index is 1090. The minimum atomic E-state index is -0.494. The first kappa shape index (κ1) is 20.5. The number of ether oxygens (including phenoxy) is 2. The van der Waals surface area contributed by atoms with E-state index in [-0.39, 0.29) is 11.9 Å². The molecule has 0 radical (unpaired) electrons. The summed E-state index contributed by atoms with van der Waals surface area (Å²) in [6.45, 7) is 1.86. The summed E-state index contributed by atoms with van der Waals surface area (Å²) < 4.78 is 13.3. The van der Waals surface area contributed by atoms with Gasteiger partial charge in [0.2, 0.25) is 11.1 Å². The highest BCUT2D eigenvalue weighted by molar-refractivity contribution is 9.10. The number of aromatic nitrogens is 3. The molecule has 2 unspecified atom stereocenters. The first-order valence-electron chi connectivity index (χ1n) is 9.14. The van der Waals surface area contributed by atoms with E-state index in [1.54, 1.807) is 25.0 Å². The molecule has 2 N–H and O–H groups in total. The number of thioether (sulfide) groups is 1. The zero-order valence-electron chi connectivity index (χ0n) is 16.5. The summed E-state index contributed by atoms with van der Waals surface area (Å²) in [6.07, 6.45) is 0. The van der Waals surface area contributed by atoms with Crippen molar-refractivity contribution in [3.63, 3.8) is 0 Å². The van der Waals surface area contributed by atoms with Gasteiger partial charge in [0.25, 0.3) is 0 Å². The van der Waals surface area contributed by atoms with Crippen molar-refractivity contribution in [3.05, 3.63) is 58.3 Å². The average molecular weight is 490 g/mol. The Morgan fingerprint density at radius 2 is 1.93 bits per heavy atom. The van der Waals surface area contributed by atoms with Crippen LogP contribution < -0.4 is 20.2 Å². The maximum Gasteiger partial charge on any atom is 0.240 e. The second-order valence-electron chi connectivity index (χ2n) is 6.59. The lowest BCUT2D eigenvalue weighted by atomic mass is 10.0. The molecule has 3 aromatic rings. The number of hydrogen-bond acceptors (Lipinski definition) is 7. The van der Waals surface area contributed by atoms with E-state index >= 15 is 0 Å². The number of nitrogens with zero attached hydrogens (tertiary/aromatic N) is 3. The monoisotopic (exact) mass is 489 g/mol. The van der Waals surface area contributed by atoms with Gasteiger partial charge in [-0.1, -0.05) is 30.0 Å². The number of amides is 1. The molecule has 0 bridgehead atoms. The zero-order chi connectivity index (χ0) is 21.3. The van der Waals surface area contributed by atoms with Crippen LogP contribution in [0, 0.1) is 6.92 Å². The summed E-state index contributed by atoms with van der Waals surface area (Å²) in [5.41, 5.74) is 4.93. The third-order valence-corrected chi connectivity index (χ3v) is 6.59.